The predicted octanol–water partition coefficient (Wildman–Crippen LogP) is 4.40. The number of benzene rings is 3. The van der Waals surface area contributed by atoms with E-state index in [9.17, 15) is 9.59 Å². The van der Waals surface area contributed by atoms with E-state index in [0.29, 0.717) is 35.1 Å². The van der Waals surface area contributed by atoms with Gasteiger partial charge in [0.15, 0.2) is 17.2 Å². The van der Waals surface area contributed by atoms with Crippen molar-refractivity contribution in [2.75, 3.05) is 13.7 Å². The quantitative estimate of drug-likeness (QED) is 0.270. The smallest absolute Gasteiger partial charge is 0.364 e. The third-order valence-corrected chi connectivity index (χ3v) is 5.43. The second kappa shape index (κ2) is 9.75. The Labute approximate surface area is 205 Å². The molecular formula is C27H22N4O5. The van der Waals surface area contributed by atoms with E-state index in [-0.39, 0.29) is 22.7 Å². The Balaban J connectivity index is 1.72. The summed E-state index contributed by atoms with van der Waals surface area (Å²) in [5.74, 6) is 1.03. The first-order valence-corrected chi connectivity index (χ1v) is 11.3. The molecule has 0 bridgehead atoms. The van der Waals surface area contributed by atoms with E-state index in [2.05, 4.69) is 15.0 Å². The molecule has 0 radical (unpaired) electrons. The van der Waals surface area contributed by atoms with Crippen LogP contribution in [0.2, 0.25) is 0 Å². The monoisotopic (exact) mass is 482 g/mol. The summed E-state index contributed by atoms with van der Waals surface area (Å²) in [6.45, 7) is 2.43. The van der Waals surface area contributed by atoms with E-state index < -0.39 is 11.7 Å². The van der Waals surface area contributed by atoms with Crippen molar-refractivity contribution in [3.8, 4) is 34.3 Å². The van der Waals surface area contributed by atoms with Crippen molar-refractivity contribution in [2.45, 2.75) is 6.92 Å². The number of fused-ring (bicyclic) bond motifs is 1. The molecule has 0 saturated carbocycles. The zero-order valence-electron chi connectivity index (χ0n) is 19.6. The Morgan fingerprint density at radius 2 is 1.64 bits per heavy atom. The molecule has 0 spiro atoms. The van der Waals surface area contributed by atoms with Gasteiger partial charge in [-0.25, -0.2) is 24.1 Å². The lowest BCUT2D eigenvalue weighted by molar-refractivity contribution is 0.0730. The number of hydrogen-bond donors (Lipinski definition) is 1. The van der Waals surface area contributed by atoms with Crippen LogP contribution in [0.4, 0.5) is 0 Å². The highest BCUT2D eigenvalue weighted by Gasteiger charge is 2.24. The summed E-state index contributed by atoms with van der Waals surface area (Å²) in [6.07, 6.45) is 0. The summed E-state index contributed by atoms with van der Waals surface area (Å²) in [4.78, 5) is 38.2. The minimum Gasteiger partial charge on any atom is -0.495 e. The molecule has 9 heteroatoms. The molecular weight excluding hydrogens is 460 g/mol. The van der Waals surface area contributed by atoms with E-state index in [0.717, 1.165) is 0 Å². The van der Waals surface area contributed by atoms with Gasteiger partial charge in [-0.05, 0) is 55.5 Å². The van der Waals surface area contributed by atoms with Crippen LogP contribution >= 0.6 is 0 Å². The zero-order valence-corrected chi connectivity index (χ0v) is 19.6. The molecule has 36 heavy (non-hydrogen) atoms. The Kier molecular flexibility index (Phi) is 6.19. The topological polar surface area (TPSA) is 108 Å². The summed E-state index contributed by atoms with van der Waals surface area (Å²) in [5.41, 5.74) is 0.897. The molecule has 3 aromatic carbocycles. The van der Waals surface area contributed by atoms with Gasteiger partial charge in [0.2, 0.25) is 0 Å². The summed E-state index contributed by atoms with van der Waals surface area (Å²) in [5, 5.41) is 0. The summed E-state index contributed by atoms with van der Waals surface area (Å²) >= 11 is 0. The Bertz CT molecular complexity index is 1590. The number of esters is 1. The summed E-state index contributed by atoms with van der Waals surface area (Å²) in [6, 6.07) is 22.8. The van der Waals surface area contributed by atoms with Gasteiger partial charge in [-0.1, -0.05) is 30.3 Å². The standard InChI is InChI=1S/C27H22N4O5/c1-3-35-18-15-13-17(14-16-18)24-28-23(26(32)36-19-9-5-4-6-10-19)22-25(30-24)31(27(33)29-22)20-11-7-8-12-21(20)34-2/h4-16H,3H2,1-2H3,(H,29,33). The van der Waals surface area contributed by atoms with Crippen molar-refractivity contribution in [3.05, 3.63) is 95.0 Å². The molecule has 0 aliphatic rings. The molecule has 9 nitrogen and oxygen atoms in total. The predicted molar refractivity (Wildman–Crippen MR) is 134 cm³/mol. The molecule has 0 saturated heterocycles. The van der Waals surface area contributed by atoms with Gasteiger partial charge in [-0.3, -0.25) is 0 Å². The number of nitrogens with zero attached hydrogens (tertiary/aromatic N) is 3. The third-order valence-electron chi connectivity index (χ3n) is 5.43. The van der Waals surface area contributed by atoms with Crippen LogP contribution in [0.25, 0.3) is 28.2 Å². The SMILES string of the molecule is CCOc1ccc(-c2nc(C(=O)Oc3ccccc3)c3[nH]c(=O)n(-c4ccccc4OC)c3n2)cc1. The van der Waals surface area contributed by atoms with Gasteiger partial charge in [0.25, 0.3) is 0 Å². The number of imidazole rings is 1. The first-order valence-electron chi connectivity index (χ1n) is 11.3. The van der Waals surface area contributed by atoms with Crippen molar-refractivity contribution < 1.29 is 19.0 Å². The van der Waals surface area contributed by atoms with Gasteiger partial charge >= 0.3 is 11.7 Å². The van der Waals surface area contributed by atoms with Gasteiger partial charge < -0.3 is 19.2 Å². The molecule has 0 amide bonds. The van der Waals surface area contributed by atoms with E-state index in [1.165, 1.54) is 11.7 Å². The number of methoxy groups -OCH3 is 1. The second-order valence-corrected chi connectivity index (χ2v) is 7.69. The average molecular weight is 482 g/mol. The van der Waals surface area contributed by atoms with Crippen LogP contribution in [0.1, 0.15) is 17.4 Å². The van der Waals surface area contributed by atoms with Crippen LogP contribution in [0, 0.1) is 0 Å². The molecule has 1 N–H and O–H groups in total. The number of ether oxygens (including phenoxy) is 3. The highest BCUT2D eigenvalue weighted by atomic mass is 16.5. The molecule has 0 aliphatic heterocycles. The third kappa shape index (κ3) is 4.29. The highest BCUT2D eigenvalue weighted by molar-refractivity contribution is 6.01. The van der Waals surface area contributed by atoms with Crippen LogP contribution in [0.5, 0.6) is 17.2 Å². The Hall–Kier alpha value is -4.92. The number of carbonyl (C=O) groups is 1. The fraction of sp³-hybridized carbons (Fsp3) is 0.111. The fourth-order valence-corrected chi connectivity index (χ4v) is 3.81. The number of aromatic nitrogens is 4. The number of para-hydroxylation sites is 3. The lowest BCUT2D eigenvalue weighted by atomic mass is 10.2. The maximum Gasteiger partial charge on any atom is 0.364 e. The van der Waals surface area contributed by atoms with Crippen LogP contribution < -0.4 is 19.9 Å². The number of nitrogens with one attached hydrogen (secondary N) is 1. The van der Waals surface area contributed by atoms with Gasteiger partial charge in [-0.2, -0.15) is 0 Å². The minimum atomic E-state index is -0.728. The largest absolute Gasteiger partial charge is 0.495 e. The fourth-order valence-electron chi connectivity index (χ4n) is 3.81. The number of hydrogen-bond acceptors (Lipinski definition) is 7. The molecule has 2 heterocycles. The number of carbonyl (C=O) groups excluding carboxylic acids is 1. The van der Waals surface area contributed by atoms with Crippen LogP contribution in [0.3, 0.4) is 0 Å². The molecule has 5 rings (SSSR count). The van der Waals surface area contributed by atoms with E-state index in [1.807, 2.05) is 13.0 Å². The van der Waals surface area contributed by atoms with Gasteiger partial charge in [-0.15, -0.1) is 0 Å². The van der Waals surface area contributed by atoms with E-state index >= 15 is 0 Å². The van der Waals surface area contributed by atoms with E-state index in [4.69, 9.17) is 14.2 Å². The number of aromatic amines is 1. The van der Waals surface area contributed by atoms with E-state index in [1.54, 1.807) is 72.8 Å². The molecule has 0 atom stereocenters. The van der Waals surface area contributed by atoms with Crippen molar-refractivity contribution >= 4 is 17.1 Å². The van der Waals surface area contributed by atoms with Crippen LogP contribution in [-0.2, 0) is 0 Å². The average Bonchev–Trinajstić information content (AvgIpc) is 3.24. The van der Waals surface area contributed by atoms with Crippen molar-refractivity contribution in [1.29, 1.82) is 0 Å². The molecule has 5 aromatic rings. The number of rotatable bonds is 7. The molecule has 0 fully saturated rings. The van der Waals surface area contributed by atoms with Crippen LogP contribution in [0.15, 0.2) is 83.7 Å². The van der Waals surface area contributed by atoms with Gasteiger partial charge in [0, 0.05) is 5.56 Å². The first-order chi connectivity index (χ1) is 17.6. The lowest BCUT2D eigenvalue weighted by Gasteiger charge is -2.11. The highest BCUT2D eigenvalue weighted by Crippen LogP contribution is 2.27. The minimum absolute atomic E-state index is 0.0708. The summed E-state index contributed by atoms with van der Waals surface area (Å²) < 4.78 is 17.9. The first kappa shape index (κ1) is 22.9. The normalized spacial score (nSPS) is 10.8. The molecule has 2 aromatic heterocycles. The maximum absolute atomic E-state index is 13.2. The molecule has 0 aliphatic carbocycles. The maximum atomic E-state index is 13.2. The number of H-pyrrole nitrogens is 1. The molecule has 0 unspecified atom stereocenters. The van der Waals surface area contributed by atoms with Gasteiger partial charge in [0.1, 0.15) is 22.8 Å². The second-order valence-electron chi connectivity index (χ2n) is 7.69. The van der Waals surface area contributed by atoms with Crippen molar-refractivity contribution in [3.63, 3.8) is 0 Å². The van der Waals surface area contributed by atoms with Crippen molar-refractivity contribution in [1.82, 2.24) is 19.5 Å². The van der Waals surface area contributed by atoms with Crippen LogP contribution in [-0.4, -0.2) is 39.2 Å². The summed E-state index contributed by atoms with van der Waals surface area (Å²) in [7, 11) is 1.52. The Morgan fingerprint density at radius 3 is 2.36 bits per heavy atom. The lowest BCUT2D eigenvalue weighted by Crippen LogP contribution is -2.15. The zero-order chi connectivity index (χ0) is 25.1. The van der Waals surface area contributed by atoms with Crippen molar-refractivity contribution in [2.24, 2.45) is 0 Å². The van der Waals surface area contributed by atoms with Gasteiger partial charge in [0.05, 0.1) is 19.4 Å². The molecule has 180 valence electrons. The Morgan fingerprint density at radius 1 is 0.917 bits per heavy atom.